The molecule has 6 heteroatoms. The number of alkyl carbamates (subject to hydrolysis) is 1. The molecule has 1 aliphatic rings. The fourth-order valence-electron chi connectivity index (χ4n) is 2.50. The lowest BCUT2D eigenvalue weighted by molar-refractivity contribution is -0.0131. The van der Waals surface area contributed by atoms with Gasteiger partial charge in [0.25, 0.3) is 0 Å². The minimum absolute atomic E-state index is 0.0857. The summed E-state index contributed by atoms with van der Waals surface area (Å²) in [6.07, 6.45) is 3.08. The van der Waals surface area contributed by atoms with Gasteiger partial charge >= 0.3 is 6.09 Å². The fourth-order valence-corrected chi connectivity index (χ4v) is 2.50. The topological polar surface area (TPSA) is 97.4 Å². The molecule has 130 valence electrons. The molecule has 0 aliphatic heterocycles. The van der Waals surface area contributed by atoms with Gasteiger partial charge in [-0.15, -0.1) is 0 Å². The van der Waals surface area contributed by atoms with E-state index < -0.39 is 17.7 Å². The van der Waals surface area contributed by atoms with Gasteiger partial charge in [-0.1, -0.05) is 13.8 Å². The van der Waals surface area contributed by atoms with Crippen molar-refractivity contribution in [1.29, 1.82) is 5.26 Å². The van der Waals surface area contributed by atoms with Gasteiger partial charge in [0.05, 0.1) is 30.4 Å². The van der Waals surface area contributed by atoms with Crippen LogP contribution in [0.2, 0.25) is 0 Å². The lowest BCUT2D eigenvalue weighted by Gasteiger charge is -2.35. The molecule has 3 N–H and O–H groups in total. The fraction of sp³-hybridized carbons (Fsp3) is 0.765. The SMILES string of the molecule is CCC(CC)O[C@@H]1C=C(C#N)C[C@H](NC(=O)OC(C)(C)C)[C@H]1N. The molecule has 0 saturated carbocycles. The van der Waals surface area contributed by atoms with Crippen LogP contribution in [0.25, 0.3) is 0 Å². The van der Waals surface area contributed by atoms with Crippen molar-refractivity contribution in [2.75, 3.05) is 0 Å². The summed E-state index contributed by atoms with van der Waals surface area (Å²) in [5.74, 6) is 0. The Morgan fingerprint density at radius 2 is 2.09 bits per heavy atom. The third kappa shape index (κ3) is 6.20. The lowest BCUT2D eigenvalue weighted by atomic mass is 9.89. The van der Waals surface area contributed by atoms with Crippen LogP contribution in [0.3, 0.4) is 0 Å². The summed E-state index contributed by atoms with van der Waals surface area (Å²) < 4.78 is 11.3. The van der Waals surface area contributed by atoms with Crippen molar-refractivity contribution >= 4 is 6.09 Å². The second-order valence-corrected chi connectivity index (χ2v) is 6.88. The highest BCUT2D eigenvalue weighted by molar-refractivity contribution is 5.68. The van der Waals surface area contributed by atoms with Crippen molar-refractivity contribution < 1.29 is 14.3 Å². The molecule has 0 aromatic rings. The molecule has 0 radical (unpaired) electrons. The van der Waals surface area contributed by atoms with Crippen molar-refractivity contribution in [2.45, 2.75) is 83.8 Å². The van der Waals surface area contributed by atoms with Gasteiger partial charge in [0, 0.05) is 12.0 Å². The van der Waals surface area contributed by atoms with Crippen molar-refractivity contribution in [3.8, 4) is 6.07 Å². The van der Waals surface area contributed by atoms with Crippen molar-refractivity contribution in [3.05, 3.63) is 11.6 Å². The molecule has 0 fully saturated rings. The number of ether oxygens (including phenoxy) is 2. The average molecular weight is 323 g/mol. The summed E-state index contributed by atoms with van der Waals surface area (Å²) in [5.41, 5.74) is 6.25. The third-order valence-corrected chi connectivity index (χ3v) is 3.76. The van der Waals surface area contributed by atoms with E-state index in [4.69, 9.17) is 15.2 Å². The van der Waals surface area contributed by atoms with Crippen LogP contribution in [-0.2, 0) is 9.47 Å². The van der Waals surface area contributed by atoms with Crippen molar-refractivity contribution in [2.24, 2.45) is 5.73 Å². The second-order valence-electron chi connectivity index (χ2n) is 6.88. The Kier molecular flexibility index (Phi) is 7.04. The number of hydrogen-bond donors (Lipinski definition) is 2. The highest BCUT2D eigenvalue weighted by Gasteiger charge is 2.34. The molecule has 0 bridgehead atoms. The molecule has 0 unspecified atom stereocenters. The van der Waals surface area contributed by atoms with E-state index in [2.05, 4.69) is 11.4 Å². The molecule has 0 spiro atoms. The molecule has 1 aliphatic carbocycles. The number of amides is 1. The Balaban J connectivity index is 2.80. The molecule has 0 saturated heterocycles. The van der Waals surface area contributed by atoms with E-state index in [9.17, 15) is 10.1 Å². The first kappa shape index (κ1) is 19.5. The minimum atomic E-state index is -0.581. The summed E-state index contributed by atoms with van der Waals surface area (Å²) in [6, 6.07) is 1.35. The Labute approximate surface area is 139 Å². The van der Waals surface area contributed by atoms with Gasteiger partial charge in [0.15, 0.2) is 0 Å². The number of hydrogen-bond acceptors (Lipinski definition) is 5. The van der Waals surface area contributed by atoms with E-state index in [0.717, 1.165) is 12.8 Å². The first-order chi connectivity index (χ1) is 10.7. The molecule has 0 heterocycles. The van der Waals surface area contributed by atoms with Crippen LogP contribution in [0, 0.1) is 11.3 Å². The number of nitrogens with two attached hydrogens (primary N) is 1. The second kappa shape index (κ2) is 8.32. The summed E-state index contributed by atoms with van der Waals surface area (Å²) in [7, 11) is 0. The van der Waals surface area contributed by atoms with E-state index in [1.165, 1.54) is 0 Å². The first-order valence-electron chi connectivity index (χ1n) is 8.21. The van der Waals surface area contributed by atoms with Crippen LogP contribution in [0.5, 0.6) is 0 Å². The lowest BCUT2D eigenvalue weighted by Crippen LogP contribution is -2.56. The molecular weight excluding hydrogens is 294 g/mol. The van der Waals surface area contributed by atoms with Gasteiger partial charge in [-0.05, 0) is 39.7 Å². The monoisotopic (exact) mass is 323 g/mol. The largest absolute Gasteiger partial charge is 0.444 e. The summed E-state index contributed by atoms with van der Waals surface area (Å²) in [6.45, 7) is 9.49. The van der Waals surface area contributed by atoms with Gasteiger partial charge in [-0.2, -0.15) is 5.26 Å². The van der Waals surface area contributed by atoms with Crippen LogP contribution in [0.4, 0.5) is 4.79 Å². The highest BCUT2D eigenvalue weighted by Crippen LogP contribution is 2.23. The van der Waals surface area contributed by atoms with E-state index >= 15 is 0 Å². The molecule has 1 rings (SSSR count). The predicted molar refractivity (Wildman–Crippen MR) is 88.7 cm³/mol. The zero-order chi connectivity index (χ0) is 17.6. The van der Waals surface area contributed by atoms with Crippen LogP contribution in [0.1, 0.15) is 53.9 Å². The molecular formula is C17H29N3O3. The van der Waals surface area contributed by atoms with Gasteiger partial charge in [-0.25, -0.2) is 4.79 Å². The van der Waals surface area contributed by atoms with E-state index in [-0.39, 0.29) is 18.2 Å². The Morgan fingerprint density at radius 3 is 2.57 bits per heavy atom. The number of carbonyl (C=O) groups is 1. The number of nitriles is 1. The maximum absolute atomic E-state index is 12.0. The normalized spacial score (nSPS) is 24.8. The van der Waals surface area contributed by atoms with Gasteiger partial charge < -0.3 is 20.5 Å². The maximum atomic E-state index is 12.0. The zero-order valence-corrected chi connectivity index (χ0v) is 14.8. The van der Waals surface area contributed by atoms with Crippen LogP contribution >= 0.6 is 0 Å². The van der Waals surface area contributed by atoms with Crippen molar-refractivity contribution in [1.82, 2.24) is 5.32 Å². The predicted octanol–water partition coefficient (Wildman–Crippen LogP) is 2.63. The Bertz CT molecular complexity index is 472. The van der Waals surface area contributed by atoms with E-state index in [1.807, 2.05) is 13.8 Å². The molecule has 3 atom stereocenters. The molecule has 23 heavy (non-hydrogen) atoms. The van der Waals surface area contributed by atoms with E-state index in [0.29, 0.717) is 12.0 Å². The molecule has 0 aromatic carbocycles. The quantitative estimate of drug-likeness (QED) is 0.810. The summed E-state index contributed by atoms with van der Waals surface area (Å²) in [5, 5.41) is 12.0. The van der Waals surface area contributed by atoms with Crippen LogP contribution < -0.4 is 11.1 Å². The first-order valence-corrected chi connectivity index (χ1v) is 8.21. The number of carbonyl (C=O) groups excluding carboxylic acids is 1. The average Bonchev–Trinajstić information content (AvgIpc) is 2.46. The molecule has 0 aromatic heterocycles. The molecule has 1 amide bonds. The molecule has 6 nitrogen and oxygen atoms in total. The zero-order valence-electron chi connectivity index (χ0n) is 14.8. The summed E-state index contributed by atoms with van der Waals surface area (Å²) in [4.78, 5) is 12.0. The number of nitrogens with zero attached hydrogens (tertiary/aromatic N) is 1. The summed E-state index contributed by atoms with van der Waals surface area (Å²) >= 11 is 0. The third-order valence-electron chi connectivity index (χ3n) is 3.76. The van der Waals surface area contributed by atoms with E-state index in [1.54, 1.807) is 26.8 Å². The standard InChI is InChI=1S/C17H29N3O3/c1-6-12(7-2)22-14-9-11(10-18)8-13(15(14)19)20-16(21)23-17(3,4)5/h9,12-15H,6-8,19H2,1-5H3,(H,20,21)/t13-,14+,15+/m0/s1. The Morgan fingerprint density at radius 1 is 1.48 bits per heavy atom. The van der Waals surface area contributed by atoms with Gasteiger partial charge in [0.1, 0.15) is 5.60 Å². The van der Waals surface area contributed by atoms with Crippen LogP contribution in [0.15, 0.2) is 11.6 Å². The number of nitrogens with one attached hydrogen (secondary N) is 1. The minimum Gasteiger partial charge on any atom is -0.444 e. The smallest absolute Gasteiger partial charge is 0.407 e. The maximum Gasteiger partial charge on any atom is 0.407 e. The number of rotatable bonds is 5. The van der Waals surface area contributed by atoms with Gasteiger partial charge in [-0.3, -0.25) is 0 Å². The Hall–Kier alpha value is -1.58. The van der Waals surface area contributed by atoms with Crippen molar-refractivity contribution in [3.63, 3.8) is 0 Å². The highest BCUT2D eigenvalue weighted by atomic mass is 16.6. The van der Waals surface area contributed by atoms with Crippen LogP contribution in [-0.4, -0.2) is 36.0 Å². The van der Waals surface area contributed by atoms with Gasteiger partial charge in [0.2, 0.25) is 0 Å².